The molecule has 1 aliphatic rings. The predicted molar refractivity (Wildman–Crippen MR) is 101 cm³/mol. The Morgan fingerprint density at radius 3 is 3.00 bits per heavy atom. The number of aromatic nitrogens is 4. The summed E-state index contributed by atoms with van der Waals surface area (Å²) in [7, 11) is 0. The Morgan fingerprint density at radius 1 is 1.28 bits per heavy atom. The van der Waals surface area contributed by atoms with E-state index in [9.17, 15) is 0 Å². The van der Waals surface area contributed by atoms with E-state index in [-0.39, 0.29) is 0 Å². The quantitative estimate of drug-likeness (QED) is 0.638. The molecule has 4 rings (SSSR count). The molecule has 1 aromatic carbocycles. The van der Waals surface area contributed by atoms with Gasteiger partial charge in [-0.15, -0.1) is 10.2 Å². The number of benzene rings is 1. The highest BCUT2D eigenvalue weighted by Crippen LogP contribution is 2.40. The summed E-state index contributed by atoms with van der Waals surface area (Å²) in [4.78, 5) is 8.74. The van der Waals surface area contributed by atoms with Crippen LogP contribution < -0.4 is 10.1 Å². The third-order valence-electron chi connectivity index (χ3n) is 3.65. The molecule has 6 nitrogen and oxygen atoms in total. The van der Waals surface area contributed by atoms with Crippen molar-refractivity contribution in [3.8, 4) is 17.1 Å². The summed E-state index contributed by atoms with van der Waals surface area (Å²) >= 11 is 5.05. The molecule has 1 atom stereocenters. The number of rotatable bonds is 3. The normalized spacial score (nSPS) is 15.4. The van der Waals surface area contributed by atoms with Crippen molar-refractivity contribution in [1.29, 1.82) is 0 Å². The molecule has 1 N–H and O–H groups in total. The monoisotopic (exact) mass is 415 g/mol. The molecule has 0 saturated carbocycles. The van der Waals surface area contributed by atoms with E-state index in [1.807, 2.05) is 37.3 Å². The fourth-order valence-corrected chi connectivity index (χ4v) is 3.41. The summed E-state index contributed by atoms with van der Waals surface area (Å²) < 4.78 is 7.11. The van der Waals surface area contributed by atoms with Gasteiger partial charge >= 0.3 is 0 Å². The number of nitrogens with one attached hydrogen (secondary N) is 1. The van der Waals surface area contributed by atoms with E-state index in [2.05, 4.69) is 41.4 Å². The second kappa shape index (κ2) is 6.97. The molecular formula is C17H14BrN5OS. The van der Waals surface area contributed by atoms with Gasteiger partial charge in [0.1, 0.15) is 0 Å². The molecule has 3 aromatic rings. The molecule has 25 heavy (non-hydrogen) atoms. The van der Waals surface area contributed by atoms with Gasteiger partial charge in [0.2, 0.25) is 11.0 Å². The van der Waals surface area contributed by atoms with Crippen LogP contribution in [-0.2, 0) is 0 Å². The number of ether oxygens (including phenoxy) is 1. The maximum Gasteiger partial charge on any atom is 0.247 e. The Hall–Kier alpha value is -2.19. The molecule has 0 spiro atoms. The van der Waals surface area contributed by atoms with Gasteiger partial charge in [-0.2, -0.15) is 4.98 Å². The fourth-order valence-electron chi connectivity index (χ4n) is 2.54. The van der Waals surface area contributed by atoms with Gasteiger partial charge in [-0.1, -0.05) is 40.7 Å². The standard InChI is InChI=1S/C17H14BrN5OS/c1-2-25-17-21-16-14(22-23-17)12-8-11(18)5-6-13(12)20-15(24-16)10-4-3-7-19-9-10/h3-9,15,20H,2H2,1H3/t15-/m0/s1. The zero-order chi connectivity index (χ0) is 17.2. The van der Waals surface area contributed by atoms with Crippen molar-refractivity contribution in [3.63, 3.8) is 0 Å². The van der Waals surface area contributed by atoms with Gasteiger partial charge in [0.15, 0.2) is 11.9 Å². The fraction of sp³-hybridized carbons (Fsp3) is 0.176. The maximum atomic E-state index is 6.16. The van der Waals surface area contributed by atoms with Gasteiger partial charge in [0.05, 0.1) is 0 Å². The number of anilines is 1. The highest BCUT2D eigenvalue weighted by atomic mass is 79.9. The average Bonchev–Trinajstić information content (AvgIpc) is 2.79. The zero-order valence-electron chi connectivity index (χ0n) is 13.3. The van der Waals surface area contributed by atoms with Gasteiger partial charge < -0.3 is 10.1 Å². The molecule has 0 radical (unpaired) electrons. The van der Waals surface area contributed by atoms with E-state index < -0.39 is 6.23 Å². The molecule has 0 saturated heterocycles. The highest BCUT2D eigenvalue weighted by molar-refractivity contribution is 9.10. The number of thioether (sulfide) groups is 1. The second-order valence-electron chi connectivity index (χ2n) is 5.30. The number of fused-ring (bicyclic) bond motifs is 3. The first kappa shape index (κ1) is 16.3. The van der Waals surface area contributed by atoms with Crippen LogP contribution >= 0.6 is 27.7 Å². The van der Waals surface area contributed by atoms with Crippen LogP contribution in [0.5, 0.6) is 5.88 Å². The van der Waals surface area contributed by atoms with Crippen molar-refractivity contribution < 1.29 is 4.74 Å². The largest absolute Gasteiger partial charge is 0.448 e. The lowest BCUT2D eigenvalue weighted by Crippen LogP contribution is -2.17. The number of pyridine rings is 1. The van der Waals surface area contributed by atoms with Crippen molar-refractivity contribution in [2.24, 2.45) is 0 Å². The Labute approximate surface area is 157 Å². The van der Waals surface area contributed by atoms with Gasteiger partial charge in [-0.3, -0.25) is 4.98 Å². The molecule has 3 heterocycles. The molecule has 0 unspecified atom stereocenters. The van der Waals surface area contributed by atoms with Crippen molar-refractivity contribution in [2.75, 3.05) is 11.1 Å². The minimum Gasteiger partial charge on any atom is -0.448 e. The van der Waals surface area contributed by atoms with Crippen LogP contribution in [0.25, 0.3) is 11.3 Å². The Bertz CT molecular complexity index is 909. The molecule has 1 aliphatic heterocycles. The van der Waals surface area contributed by atoms with Gasteiger partial charge in [-0.05, 0) is 30.0 Å². The van der Waals surface area contributed by atoms with Crippen LogP contribution in [0.4, 0.5) is 5.69 Å². The molecule has 0 amide bonds. The summed E-state index contributed by atoms with van der Waals surface area (Å²) in [5, 5.41) is 12.6. The lowest BCUT2D eigenvalue weighted by Gasteiger charge is -2.18. The second-order valence-corrected chi connectivity index (χ2v) is 7.45. The SMILES string of the molecule is CCSc1nnc2c(n1)O[C@@H](c1cccnc1)Nc1ccc(Br)cc1-2. The summed E-state index contributed by atoms with van der Waals surface area (Å²) in [6, 6.07) is 9.78. The summed E-state index contributed by atoms with van der Waals surface area (Å²) in [5.41, 5.74) is 3.33. The van der Waals surface area contributed by atoms with Crippen molar-refractivity contribution >= 4 is 33.4 Å². The van der Waals surface area contributed by atoms with Crippen LogP contribution in [0.1, 0.15) is 18.7 Å². The summed E-state index contributed by atoms with van der Waals surface area (Å²) in [6.45, 7) is 2.05. The number of hydrogen-bond acceptors (Lipinski definition) is 7. The Kier molecular flexibility index (Phi) is 4.54. The average molecular weight is 416 g/mol. The molecule has 2 aromatic heterocycles. The first-order valence-corrected chi connectivity index (χ1v) is 9.53. The Morgan fingerprint density at radius 2 is 2.20 bits per heavy atom. The minimum absolute atomic E-state index is 0.411. The minimum atomic E-state index is -0.411. The maximum absolute atomic E-state index is 6.16. The molecule has 126 valence electrons. The van der Waals surface area contributed by atoms with Crippen LogP contribution in [0.2, 0.25) is 0 Å². The molecular weight excluding hydrogens is 402 g/mol. The lowest BCUT2D eigenvalue weighted by atomic mass is 10.1. The van der Waals surface area contributed by atoms with Gasteiger partial charge in [0.25, 0.3) is 0 Å². The van der Waals surface area contributed by atoms with E-state index in [4.69, 9.17) is 4.74 Å². The van der Waals surface area contributed by atoms with Crippen LogP contribution in [0.3, 0.4) is 0 Å². The predicted octanol–water partition coefficient (Wildman–Crippen LogP) is 4.31. The van der Waals surface area contributed by atoms with E-state index in [0.29, 0.717) is 16.7 Å². The van der Waals surface area contributed by atoms with Crippen molar-refractivity contribution in [3.05, 3.63) is 52.8 Å². The number of hydrogen-bond donors (Lipinski definition) is 1. The van der Waals surface area contributed by atoms with Crippen molar-refractivity contribution in [2.45, 2.75) is 18.3 Å². The van der Waals surface area contributed by atoms with Crippen LogP contribution in [-0.4, -0.2) is 25.9 Å². The molecule has 8 heteroatoms. The summed E-state index contributed by atoms with van der Waals surface area (Å²) in [5.74, 6) is 1.33. The van der Waals surface area contributed by atoms with E-state index in [1.165, 1.54) is 11.8 Å². The van der Waals surface area contributed by atoms with Crippen LogP contribution in [0.15, 0.2) is 52.4 Å². The number of nitrogens with zero attached hydrogens (tertiary/aromatic N) is 4. The lowest BCUT2D eigenvalue weighted by molar-refractivity contribution is 0.225. The summed E-state index contributed by atoms with van der Waals surface area (Å²) in [6.07, 6.45) is 3.10. The van der Waals surface area contributed by atoms with E-state index in [1.54, 1.807) is 12.4 Å². The van der Waals surface area contributed by atoms with E-state index in [0.717, 1.165) is 27.0 Å². The third-order valence-corrected chi connectivity index (χ3v) is 4.86. The molecule has 0 aliphatic carbocycles. The Balaban J connectivity index is 1.86. The van der Waals surface area contributed by atoms with Crippen molar-refractivity contribution in [1.82, 2.24) is 20.2 Å². The first-order chi connectivity index (χ1) is 12.2. The molecule has 0 bridgehead atoms. The van der Waals surface area contributed by atoms with Gasteiger partial charge in [0, 0.05) is 33.7 Å². The topological polar surface area (TPSA) is 72.8 Å². The van der Waals surface area contributed by atoms with Crippen LogP contribution in [0, 0.1) is 0 Å². The number of halogens is 1. The highest BCUT2D eigenvalue weighted by Gasteiger charge is 2.26. The van der Waals surface area contributed by atoms with E-state index >= 15 is 0 Å². The molecule has 0 fully saturated rings. The third kappa shape index (κ3) is 3.32. The zero-order valence-corrected chi connectivity index (χ0v) is 15.7. The van der Waals surface area contributed by atoms with Gasteiger partial charge in [-0.25, -0.2) is 0 Å². The first-order valence-electron chi connectivity index (χ1n) is 7.75. The smallest absolute Gasteiger partial charge is 0.247 e.